The Morgan fingerprint density at radius 2 is 1.21 bits per heavy atom. The number of hydrogen-bond acceptors (Lipinski definition) is 3. The largest absolute Gasteiger partial charge is 0.393 e. The summed E-state index contributed by atoms with van der Waals surface area (Å²) in [5.41, 5.74) is 2.20. The fraction of sp³-hybridized carbons (Fsp3) is 0.750. The molecule has 0 aromatic rings. The van der Waals surface area contributed by atoms with Crippen LogP contribution in [0.15, 0.2) is 24.3 Å². The first-order chi connectivity index (χ1) is 8.91. The molecule has 3 nitrogen and oxygen atoms in total. The molecule has 0 fully saturated rings. The molecule has 19 heavy (non-hydrogen) atoms. The van der Waals surface area contributed by atoms with Crippen molar-refractivity contribution in [3.63, 3.8) is 0 Å². The highest BCUT2D eigenvalue weighted by atomic mass is 16.5. The summed E-state index contributed by atoms with van der Waals surface area (Å²) in [7, 11) is 0. The molecule has 0 aromatic heterocycles. The molecule has 2 N–H and O–H groups in total. The molecule has 0 saturated carbocycles. The fourth-order valence-electron chi connectivity index (χ4n) is 1.66. The van der Waals surface area contributed by atoms with Gasteiger partial charge < -0.3 is 14.9 Å². The minimum atomic E-state index is -0.315. The summed E-state index contributed by atoms with van der Waals surface area (Å²) < 4.78 is 5.42. The van der Waals surface area contributed by atoms with Crippen LogP contribution < -0.4 is 0 Å². The van der Waals surface area contributed by atoms with Gasteiger partial charge in [0, 0.05) is 13.2 Å². The van der Waals surface area contributed by atoms with E-state index in [9.17, 15) is 10.2 Å². The molecule has 0 saturated heterocycles. The lowest BCUT2D eigenvalue weighted by Crippen LogP contribution is -2.14. The number of aliphatic hydroxyl groups is 2. The number of ether oxygens (including phenoxy) is 1. The highest BCUT2D eigenvalue weighted by Crippen LogP contribution is 2.09. The molecule has 3 heteroatoms. The van der Waals surface area contributed by atoms with Gasteiger partial charge in [-0.25, -0.2) is 0 Å². The summed E-state index contributed by atoms with van der Waals surface area (Å²) in [4.78, 5) is 0. The van der Waals surface area contributed by atoms with E-state index in [-0.39, 0.29) is 12.2 Å². The first-order valence-corrected chi connectivity index (χ1v) is 7.14. The zero-order valence-electron chi connectivity index (χ0n) is 12.5. The molecule has 0 bridgehead atoms. The molecule has 0 spiro atoms. The van der Waals surface area contributed by atoms with Gasteiger partial charge >= 0.3 is 0 Å². The van der Waals surface area contributed by atoms with Crippen LogP contribution in [-0.4, -0.2) is 35.6 Å². The van der Waals surface area contributed by atoms with Crippen molar-refractivity contribution >= 4 is 0 Å². The van der Waals surface area contributed by atoms with Crippen LogP contribution in [0.1, 0.15) is 52.4 Å². The second-order valence-electron chi connectivity index (χ2n) is 5.49. The summed E-state index contributed by atoms with van der Waals surface area (Å²) in [6.45, 7) is 12.6. The number of rotatable bonds is 12. The van der Waals surface area contributed by atoms with Crippen LogP contribution >= 0.6 is 0 Å². The third kappa shape index (κ3) is 13.6. The molecule has 2 unspecified atom stereocenters. The van der Waals surface area contributed by atoms with Crippen LogP contribution in [-0.2, 0) is 4.74 Å². The van der Waals surface area contributed by atoms with E-state index in [0.717, 1.165) is 36.8 Å². The Bertz CT molecular complexity index is 235. The average Bonchev–Trinajstić information content (AvgIpc) is 2.33. The fourth-order valence-corrected chi connectivity index (χ4v) is 1.66. The molecule has 0 aliphatic rings. The summed E-state index contributed by atoms with van der Waals surface area (Å²) in [5.74, 6) is 0. The maximum atomic E-state index is 9.67. The minimum absolute atomic E-state index is 0.315. The summed E-state index contributed by atoms with van der Waals surface area (Å²) in [6.07, 6.45) is 3.89. The van der Waals surface area contributed by atoms with E-state index < -0.39 is 0 Å². The van der Waals surface area contributed by atoms with Crippen molar-refractivity contribution in [2.45, 2.75) is 64.6 Å². The van der Waals surface area contributed by atoms with E-state index in [1.807, 2.05) is 13.8 Å². The zero-order valence-corrected chi connectivity index (χ0v) is 12.5. The van der Waals surface area contributed by atoms with E-state index in [2.05, 4.69) is 13.2 Å². The van der Waals surface area contributed by atoms with E-state index in [0.29, 0.717) is 26.1 Å². The molecule has 0 aliphatic heterocycles. The van der Waals surface area contributed by atoms with Gasteiger partial charge in [0.15, 0.2) is 0 Å². The highest BCUT2D eigenvalue weighted by Gasteiger charge is 2.06. The van der Waals surface area contributed by atoms with E-state index in [4.69, 9.17) is 4.74 Å². The van der Waals surface area contributed by atoms with E-state index in [1.165, 1.54) is 0 Å². The number of hydrogen-bond donors (Lipinski definition) is 2. The predicted octanol–water partition coefficient (Wildman–Crippen LogP) is 3.22. The van der Waals surface area contributed by atoms with Crippen molar-refractivity contribution in [1.29, 1.82) is 0 Å². The van der Waals surface area contributed by atoms with Crippen molar-refractivity contribution in [3.05, 3.63) is 24.3 Å². The Kier molecular flexibility index (Phi) is 10.8. The quantitative estimate of drug-likeness (QED) is 0.423. The number of aliphatic hydroxyl groups excluding tert-OH is 2. The first-order valence-electron chi connectivity index (χ1n) is 7.14. The summed E-state index contributed by atoms with van der Waals surface area (Å²) in [5, 5.41) is 19.3. The monoisotopic (exact) mass is 270 g/mol. The van der Waals surface area contributed by atoms with Gasteiger partial charge in [-0.15, -0.1) is 13.2 Å². The van der Waals surface area contributed by atoms with Crippen molar-refractivity contribution in [1.82, 2.24) is 0 Å². The van der Waals surface area contributed by atoms with Crippen molar-refractivity contribution < 1.29 is 14.9 Å². The standard InChI is InChI=1S/C16H30O3/c1-13(2)5-7-15(17)9-11-19-12-10-16(18)8-6-14(3)4/h15-18H,1,3,5-12H2,2,4H3. The van der Waals surface area contributed by atoms with Gasteiger partial charge in [-0.3, -0.25) is 0 Å². The Morgan fingerprint density at radius 1 is 0.842 bits per heavy atom. The van der Waals surface area contributed by atoms with E-state index >= 15 is 0 Å². The lowest BCUT2D eigenvalue weighted by Gasteiger charge is -2.13. The third-order valence-electron chi connectivity index (χ3n) is 3.00. The van der Waals surface area contributed by atoms with Crippen molar-refractivity contribution in [3.8, 4) is 0 Å². The second kappa shape index (κ2) is 11.2. The smallest absolute Gasteiger partial charge is 0.0565 e. The first kappa shape index (κ1) is 18.4. The van der Waals surface area contributed by atoms with Crippen LogP contribution in [0.4, 0.5) is 0 Å². The van der Waals surface area contributed by atoms with Gasteiger partial charge in [-0.05, 0) is 52.4 Å². The third-order valence-corrected chi connectivity index (χ3v) is 3.00. The van der Waals surface area contributed by atoms with Crippen molar-refractivity contribution in [2.75, 3.05) is 13.2 Å². The molecule has 112 valence electrons. The lowest BCUT2D eigenvalue weighted by atomic mass is 10.1. The Labute approximate surface area is 118 Å². The molecular formula is C16H30O3. The topological polar surface area (TPSA) is 49.7 Å². The normalized spacial score (nSPS) is 14.1. The Balaban J connectivity index is 3.38. The van der Waals surface area contributed by atoms with Crippen LogP contribution in [0.3, 0.4) is 0 Å². The molecule has 0 amide bonds. The van der Waals surface area contributed by atoms with Crippen LogP contribution in [0, 0.1) is 0 Å². The summed E-state index contributed by atoms with van der Waals surface area (Å²) >= 11 is 0. The van der Waals surface area contributed by atoms with Crippen LogP contribution in [0.25, 0.3) is 0 Å². The van der Waals surface area contributed by atoms with Crippen LogP contribution in [0.2, 0.25) is 0 Å². The Morgan fingerprint density at radius 3 is 1.53 bits per heavy atom. The van der Waals surface area contributed by atoms with Gasteiger partial charge in [0.25, 0.3) is 0 Å². The zero-order chi connectivity index (χ0) is 14.7. The van der Waals surface area contributed by atoms with Crippen LogP contribution in [0.5, 0.6) is 0 Å². The maximum absolute atomic E-state index is 9.67. The minimum Gasteiger partial charge on any atom is -0.393 e. The van der Waals surface area contributed by atoms with E-state index in [1.54, 1.807) is 0 Å². The second-order valence-corrected chi connectivity index (χ2v) is 5.49. The number of allylic oxidation sites excluding steroid dienone is 2. The van der Waals surface area contributed by atoms with Gasteiger partial charge in [0.1, 0.15) is 0 Å². The molecular weight excluding hydrogens is 240 g/mol. The van der Waals surface area contributed by atoms with Gasteiger partial charge in [0.05, 0.1) is 12.2 Å². The molecule has 0 radical (unpaired) electrons. The molecule has 0 rings (SSSR count). The Hall–Kier alpha value is -0.640. The molecule has 0 heterocycles. The SMILES string of the molecule is C=C(C)CCC(O)CCOCCC(O)CCC(=C)C. The molecule has 0 aliphatic carbocycles. The molecule has 2 atom stereocenters. The highest BCUT2D eigenvalue weighted by molar-refractivity contribution is 4.88. The predicted molar refractivity (Wildman–Crippen MR) is 80.2 cm³/mol. The van der Waals surface area contributed by atoms with Gasteiger partial charge in [0.2, 0.25) is 0 Å². The average molecular weight is 270 g/mol. The van der Waals surface area contributed by atoms with Gasteiger partial charge in [-0.1, -0.05) is 11.1 Å². The van der Waals surface area contributed by atoms with Crippen molar-refractivity contribution in [2.24, 2.45) is 0 Å². The summed E-state index contributed by atoms with van der Waals surface area (Å²) in [6, 6.07) is 0. The maximum Gasteiger partial charge on any atom is 0.0565 e. The van der Waals surface area contributed by atoms with Gasteiger partial charge in [-0.2, -0.15) is 0 Å². The molecule has 0 aromatic carbocycles. The lowest BCUT2D eigenvalue weighted by molar-refractivity contribution is 0.0536.